The predicted octanol–water partition coefficient (Wildman–Crippen LogP) is 7.49. The van der Waals surface area contributed by atoms with E-state index in [0.29, 0.717) is 43.1 Å². The van der Waals surface area contributed by atoms with E-state index in [1.54, 1.807) is 11.3 Å². The van der Waals surface area contributed by atoms with Gasteiger partial charge in [0.05, 0.1) is 41.4 Å². The average molecular weight is 1030 g/mol. The number of carbonyl (C=O) groups is 4. The van der Waals surface area contributed by atoms with E-state index in [1.807, 2.05) is 122 Å². The first-order valence-electron chi connectivity index (χ1n) is 25.7. The van der Waals surface area contributed by atoms with Crippen molar-refractivity contribution in [3.05, 3.63) is 122 Å². The Morgan fingerprint density at radius 3 is 2.30 bits per heavy atom. The highest BCUT2D eigenvalue weighted by molar-refractivity contribution is 7.13. The SMILES string of the molecule is CCN(c1cc(-c2ccc(OCCCOCC(=O)NC(C(=O)N3C[C@H](O)C[C@H]3C(=O)NC(C)c3ccc(-c4scnc4C)cc3)C(C)(C)C)cc2)cc(C(=O)NCc2c(C)cc(C)[nH]c2=O)c1C)C1CCOCC1. The molecule has 4 atom stereocenters. The number of likely N-dealkylation sites (tertiary alicyclic amines) is 1. The maximum absolute atomic E-state index is 14.2. The molecule has 2 aliphatic rings. The number of aromatic nitrogens is 2. The Balaban J connectivity index is 0.916. The number of nitrogens with zero attached hydrogens (tertiary/aromatic N) is 3. The van der Waals surface area contributed by atoms with Gasteiger partial charge in [0.15, 0.2) is 0 Å². The maximum Gasteiger partial charge on any atom is 0.253 e. The second-order valence-corrected chi connectivity index (χ2v) is 21.4. The fourth-order valence-corrected chi connectivity index (χ4v) is 10.7. The summed E-state index contributed by atoms with van der Waals surface area (Å²) in [7, 11) is 0. The number of hydrogen-bond donors (Lipinski definition) is 5. The Kier molecular flexibility index (Phi) is 18.5. The molecule has 0 aliphatic carbocycles. The number of pyridine rings is 1. The average Bonchev–Trinajstić information content (AvgIpc) is 3.99. The minimum Gasteiger partial charge on any atom is -0.494 e. The molecule has 2 aromatic heterocycles. The van der Waals surface area contributed by atoms with Gasteiger partial charge in [0.1, 0.15) is 24.4 Å². The lowest BCUT2D eigenvalue weighted by atomic mass is 9.85. The largest absolute Gasteiger partial charge is 0.494 e. The highest BCUT2D eigenvalue weighted by Gasteiger charge is 2.45. The van der Waals surface area contributed by atoms with Crippen molar-refractivity contribution in [1.29, 1.82) is 0 Å². The molecule has 17 heteroatoms. The number of benzene rings is 3. The van der Waals surface area contributed by atoms with Crippen molar-refractivity contribution < 1.29 is 38.5 Å². The van der Waals surface area contributed by atoms with Crippen LogP contribution in [0, 0.1) is 33.1 Å². The third-order valence-corrected chi connectivity index (χ3v) is 15.0. The van der Waals surface area contributed by atoms with Crippen molar-refractivity contribution in [2.75, 3.05) is 51.0 Å². The molecule has 16 nitrogen and oxygen atoms in total. The molecule has 4 heterocycles. The van der Waals surface area contributed by atoms with Crippen LogP contribution >= 0.6 is 11.3 Å². The van der Waals surface area contributed by atoms with Crippen LogP contribution in [-0.2, 0) is 30.4 Å². The number of aliphatic hydroxyl groups excluding tert-OH is 1. The Hall–Kier alpha value is -6.40. The van der Waals surface area contributed by atoms with E-state index < -0.39 is 35.4 Å². The summed E-state index contributed by atoms with van der Waals surface area (Å²) in [5, 5.41) is 19.6. The van der Waals surface area contributed by atoms with E-state index >= 15 is 0 Å². The van der Waals surface area contributed by atoms with E-state index in [0.717, 1.165) is 74.7 Å². The topological polar surface area (TPSA) is 205 Å². The summed E-state index contributed by atoms with van der Waals surface area (Å²) >= 11 is 1.57. The van der Waals surface area contributed by atoms with Crippen LogP contribution < -0.4 is 31.1 Å². The maximum atomic E-state index is 14.2. The molecular formula is C57H73N7O9S. The van der Waals surface area contributed by atoms with Crippen LogP contribution in [0.2, 0.25) is 0 Å². The molecule has 2 fully saturated rings. The van der Waals surface area contributed by atoms with Gasteiger partial charge in [-0.05, 0) is 124 Å². The van der Waals surface area contributed by atoms with E-state index in [9.17, 15) is 29.1 Å². The smallest absolute Gasteiger partial charge is 0.253 e. The summed E-state index contributed by atoms with van der Waals surface area (Å²) in [4.78, 5) is 79.9. The third-order valence-electron chi connectivity index (χ3n) is 14.0. The van der Waals surface area contributed by atoms with Crippen LogP contribution in [0.25, 0.3) is 21.6 Å². The third kappa shape index (κ3) is 13.7. The lowest BCUT2D eigenvalue weighted by molar-refractivity contribution is -0.144. The van der Waals surface area contributed by atoms with Gasteiger partial charge in [0.25, 0.3) is 11.5 Å². The van der Waals surface area contributed by atoms with Crippen LogP contribution in [0.5, 0.6) is 5.75 Å². The molecule has 2 saturated heterocycles. The summed E-state index contributed by atoms with van der Waals surface area (Å²) in [6.45, 7) is 19.6. The lowest BCUT2D eigenvalue weighted by Crippen LogP contribution is -2.58. The van der Waals surface area contributed by atoms with Crippen LogP contribution in [0.15, 0.2) is 77.0 Å². The first kappa shape index (κ1) is 55.4. The van der Waals surface area contributed by atoms with Crippen LogP contribution in [0.1, 0.15) is 110 Å². The monoisotopic (exact) mass is 1030 g/mol. The zero-order valence-corrected chi connectivity index (χ0v) is 45.1. The van der Waals surface area contributed by atoms with Crippen molar-refractivity contribution in [2.24, 2.45) is 5.41 Å². The minimum absolute atomic E-state index is 0.0307. The van der Waals surface area contributed by atoms with Crippen molar-refractivity contribution in [3.8, 4) is 27.3 Å². The zero-order valence-electron chi connectivity index (χ0n) is 44.3. The number of aromatic amines is 1. The number of amides is 4. The molecule has 0 bridgehead atoms. The predicted molar refractivity (Wildman–Crippen MR) is 288 cm³/mol. The second-order valence-electron chi connectivity index (χ2n) is 20.6. The van der Waals surface area contributed by atoms with Gasteiger partial charge >= 0.3 is 0 Å². The molecule has 4 amide bonds. The van der Waals surface area contributed by atoms with Crippen molar-refractivity contribution in [2.45, 2.75) is 125 Å². The van der Waals surface area contributed by atoms with Crippen molar-refractivity contribution in [1.82, 2.24) is 30.8 Å². The Labute approximate surface area is 438 Å². The van der Waals surface area contributed by atoms with Gasteiger partial charge in [-0.2, -0.15) is 0 Å². The molecule has 2 aliphatic heterocycles. The molecule has 396 valence electrons. The minimum atomic E-state index is -0.987. The molecule has 2 unspecified atom stereocenters. The van der Waals surface area contributed by atoms with Gasteiger partial charge in [-0.3, -0.25) is 24.0 Å². The standard InChI is InChI=1S/C57H73N7O9S/c1-10-63(43-20-24-71-25-21-43)48-28-42(27-46(36(48)4)53(67)58-30-47-34(2)26-35(3)60-54(47)68)40-16-18-45(19-17-40)73-23-11-22-72-32-50(66)62-52(57(7,8)9)56(70)64-31-44(65)29-49(64)55(69)61-37(5)39-12-14-41(15-13-39)51-38(6)59-33-74-51/h12-19,26-28,33,37,43-44,49,52,65H,10-11,20-25,29-32H2,1-9H3,(H,58,67)(H,60,68)(H,61,69)(H,62,66)/t37?,44-,49+,52?/m1/s1. The second kappa shape index (κ2) is 24.8. The fourth-order valence-electron chi connectivity index (χ4n) is 9.86. The van der Waals surface area contributed by atoms with Gasteiger partial charge in [-0.15, -0.1) is 11.3 Å². The van der Waals surface area contributed by atoms with Gasteiger partial charge in [-0.1, -0.05) is 57.2 Å². The Morgan fingerprint density at radius 2 is 1.65 bits per heavy atom. The molecule has 74 heavy (non-hydrogen) atoms. The molecule has 3 aromatic carbocycles. The molecule has 7 rings (SSSR count). The number of aryl methyl sites for hydroxylation is 3. The zero-order chi connectivity index (χ0) is 53.3. The van der Waals surface area contributed by atoms with E-state index in [2.05, 4.69) is 43.8 Å². The molecular weight excluding hydrogens is 959 g/mol. The molecule has 0 radical (unpaired) electrons. The highest BCUT2D eigenvalue weighted by atomic mass is 32.1. The van der Waals surface area contributed by atoms with Crippen LogP contribution in [0.4, 0.5) is 5.69 Å². The molecule has 0 spiro atoms. The normalized spacial score (nSPS) is 16.9. The van der Waals surface area contributed by atoms with E-state index in [4.69, 9.17) is 14.2 Å². The molecule has 5 aromatic rings. The number of rotatable bonds is 20. The van der Waals surface area contributed by atoms with Gasteiger partial charge in [0.2, 0.25) is 17.7 Å². The number of carbonyl (C=O) groups excluding carboxylic acids is 4. The Morgan fingerprint density at radius 1 is 0.946 bits per heavy atom. The molecule has 5 N–H and O–H groups in total. The number of aliphatic hydroxyl groups is 1. The Bertz CT molecular complexity index is 2820. The van der Waals surface area contributed by atoms with Crippen LogP contribution in [-0.4, -0.2) is 114 Å². The summed E-state index contributed by atoms with van der Waals surface area (Å²) in [5.41, 5.74) is 10.0. The van der Waals surface area contributed by atoms with Crippen molar-refractivity contribution >= 4 is 40.7 Å². The van der Waals surface area contributed by atoms with E-state index in [-0.39, 0.29) is 62.2 Å². The summed E-state index contributed by atoms with van der Waals surface area (Å²) in [6, 6.07) is 19.6. The number of thiazole rings is 1. The number of hydrogen-bond acceptors (Lipinski definition) is 12. The quantitative estimate of drug-likeness (QED) is 0.0483. The first-order chi connectivity index (χ1) is 35.3. The fraction of sp³-hybridized carbons (Fsp3) is 0.474. The lowest BCUT2D eigenvalue weighted by Gasteiger charge is -2.37. The number of ether oxygens (including phenoxy) is 3. The number of H-pyrrole nitrogens is 1. The van der Waals surface area contributed by atoms with Gasteiger partial charge < -0.3 is 50.1 Å². The summed E-state index contributed by atoms with van der Waals surface area (Å²) in [5.74, 6) is -0.929. The number of β-amino-alcohol motifs (C(OH)–C–C–N with tert-alkyl or cyclic N) is 1. The summed E-state index contributed by atoms with van der Waals surface area (Å²) in [6.07, 6.45) is 1.45. The van der Waals surface area contributed by atoms with Gasteiger partial charge in [0, 0.05) is 74.2 Å². The number of anilines is 1. The van der Waals surface area contributed by atoms with E-state index in [1.165, 1.54) is 4.90 Å². The molecule has 0 saturated carbocycles. The van der Waals surface area contributed by atoms with Crippen molar-refractivity contribution in [3.63, 3.8) is 0 Å². The first-order valence-corrected chi connectivity index (χ1v) is 26.6. The van der Waals surface area contributed by atoms with Gasteiger partial charge in [-0.25, -0.2) is 4.98 Å². The number of nitrogens with one attached hydrogen (secondary N) is 4. The highest BCUT2D eigenvalue weighted by Crippen LogP contribution is 2.35. The van der Waals surface area contributed by atoms with Crippen LogP contribution in [0.3, 0.4) is 0 Å². The summed E-state index contributed by atoms with van der Waals surface area (Å²) < 4.78 is 17.5.